The first-order valence-electron chi connectivity index (χ1n) is 9.29. The first-order chi connectivity index (χ1) is 13.1. The maximum absolute atomic E-state index is 12.6. The summed E-state index contributed by atoms with van der Waals surface area (Å²) >= 11 is 0. The van der Waals surface area contributed by atoms with Crippen LogP contribution in [0.25, 0.3) is 10.9 Å². The van der Waals surface area contributed by atoms with Crippen LogP contribution in [0.5, 0.6) is 0 Å². The summed E-state index contributed by atoms with van der Waals surface area (Å²) in [5.74, 6) is 0.0505. The van der Waals surface area contributed by atoms with E-state index in [9.17, 15) is 14.7 Å². The number of nitrogens with one attached hydrogen (secondary N) is 2. The van der Waals surface area contributed by atoms with E-state index in [2.05, 4.69) is 10.4 Å². The molecule has 140 valence electrons. The molecular weight excluding hydrogens is 342 g/mol. The highest BCUT2D eigenvalue weighted by Crippen LogP contribution is 2.31. The Morgan fingerprint density at radius 1 is 1.15 bits per heavy atom. The summed E-state index contributed by atoms with van der Waals surface area (Å²) in [6.45, 7) is -0.0475. The minimum Gasteiger partial charge on any atom is -0.393 e. The number of amides is 1. The van der Waals surface area contributed by atoms with Crippen LogP contribution in [0, 0.1) is 5.92 Å². The molecule has 4 rings (SSSR count). The Balaban J connectivity index is 1.47. The number of hydrogen-bond donors (Lipinski definition) is 3. The molecule has 2 aromatic carbocycles. The predicted octanol–water partition coefficient (Wildman–Crippen LogP) is 1.83. The summed E-state index contributed by atoms with van der Waals surface area (Å²) < 4.78 is 1.34. The van der Waals surface area contributed by atoms with Crippen LogP contribution in [-0.2, 0) is 17.8 Å². The van der Waals surface area contributed by atoms with Crippen molar-refractivity contribution in [2.45, 2.75) is 38.0 Å². The first kappa shape index (κ1) is 17.5. The highest BCUT2D eigenvalue weighted by Gasteiger charge is 2.34. The summed E-state index contributed by atoms with van der Waals surface area (Å²) in [5, 5.41) is 16.3. The Hall–Kier alpha value is -2.86. The van der Waals surface area contributed by atoms with Crippen LogP contribution in [0.4, 0.5) is 0 Å². The van der Waals surface area contributed by atoms with Crippen LogP contribution in [0.1, 0.15) is 18.4 Å². The Morgan fingerprint density at radius 3 is 2.56 bits per heavy atom. The number of aromatic amines is 1. The minimum absolute atomic E-state index is 0.0475. The SMILES string of the molecule is O=C(Cn1[nH]c2ccccc2c1=O)N[C@H](Cc1ccccc1)C1CC(O)C1. The lowest BCUT2D eigenvalue weighted by Crippen LogP contribution is -2.49. The van der Waals surface area contributed by atoms with Crippen molar-refractivity contribution in [3.05, 3.63) is 70.5 Å². The molecule has 0 bridgehead atoms. The van der Waals surface area contributed by atoms with Crippen molar-refractivity contribution in [3.63, 3.8) is 0 Å². The summed E-state index contributed by atoms with van der Waals surface area (Å²) in [5.41, 5.74) is 1.67. The van der Waals surface area contributed by atoms with Crippen LogP contribution < -0.4 is 10.9 Å². The van der Waals surface area contributed by atoms with E-state index in [0.717, 1.165) is 11.1 Å². The summed E-state index contributed by atoms with van der Waals surface area (Å²) in [7, 11) is 0. The zero-order chi connectivity index (χ0) is 18.8. The van der Waals surface area contributed by atoms with Crippen LogP contribution >= 0.6 is 0 Å². The number of carbonyl (C=O) groups excluding carboxylic acids is 1. The molecule has 27 heavy (non-hydrogen) atoms. The third kappa shape index (κ3) is 3.80. The molecule has 0 saturated heterocycles. The summed E-state index contributed by atoms with van der Waals surface area (Å²) in [6.07, 6.45) is 1.83. The molecule has 3 aromatic rings. The van der Waals surface area contributed by atoms with Crippen molar-refractivity contribution >= 4 is 16.8 Å². The Morgan fingerprint density at radius 2 is 1.85 bits per heavy atom. The van der Waals surface area contributed by atoms with Gasteiger partial charge in [-0.1, -0.05) is 42.5 Å². The van der Waals surface area contributed by atoms with Gasteiger partial charge in [-0.3, -0.25) is 14.7 Å². The largest absolute Gasteiger partial charge is 0.393 e. The van der Waals surface area contributed by atoms with Gasteiger partial charge in [0, 0.05) is 6.04 Å². The molecule has 1 fully saturated rings. The number of fused-ring (bicyclic) bond motifs is 1. The highest BCUT2D eigenvalue weighted by molar-refractivity contribution is 5.79. The number of aliphatic hydroxyl groups is 1. The smallest absolute Gasteiger partial charge is 0.274 e. The van der Waals surface area contributed by atoms with Crippen molar-refractivity contribution in [2.75, 3.05) is 0 Å². The number of para-hydroxylation sites is 1. The first-order valence-corrected chi connectivity index (χ1v) is 9.29. The van der Waals surface area contributed by atoms with Crippen molar-refractivity contribution in [1.82, 2.24) is 15.1 Å². The molecule has 0 spiro atoms. The fraction of sp³-hybridized carbons (Fsp3) is 0.333. The van der Waals surface area contributed by atoms with Crippen molar-refractivity contribution in [1.29, 1.82) is 0 Å². The molecule has 1 amide bonds. The monoisotopic (exact) mass is 365 g/mol. The molecule has 3 N–H and O–H groups in total. The molecular formula is C21H23N3O3. The van der Waals surface area contributed by atoms with Gasteiger partial charge in [-0.15, -0.1) is 0 Å². The van der Waals surface area contributed by atoms with E-state index >= 15 is 0 Å². The number of benzene rings is 2. The Labute approximate surface area is 156 Å². The summed E-state index contributed by atoms with van der Waals surface area (Å²) in [4.78, 5) is 25.0. The van der Waals surface area contributed by atoms with E-state index < -0.39 is 0 Å². The van der Waals surface area contributed by atoms with E-state index in [1.807, 2.05) is 42.5 Å². The van der Waals surface area contributed by atoms with Gasteiger partial charge in [0.1, 0.15) is 6.54 Å². The molecule has 0 aliphatic heterocycles. The summed E-state index contributed by atoms with van der Waals surface area (Å²) in [6, 6.07) is 17.2. The zero-order valence-corrected chi connectivity index (χ0v) is 15.0. The normalized spacial score (nSPS) is 20.2. The van der Waals surface area contributed by atoms with E-state index in [1.165, 1.54) is 4.68 Å². The van der Waals surface area contributed by atoms with Gasteiger partial charge in [0.15, 0.2) is 0 Å². The number of aliphatic hydroxyl groups excluding tert-OH is 1. The lowest BCUT2D eigenvalue weighted by atomic mass is 9.75. The van der Waals surface area contributed by atoms with Crippen LogP contribution in [0.3, 0.4) is 0 Å². The van der Waals surface area contributed by atoms with Gasteiger partial charge >= 0.3 is 0 Å². The third-order valence-electron chi connectivity index (χ3n) is 5.32. The molecule has 1 atom stereocenters. The Bertz CT molecular complexity index is 987. The molecule has 6 heteroatoms. The lowest BCUT2D eigenvalue weighted by molar-refractivity contribution is -0.123. The number of nitrogens with zero attached hydrogens (tertiary/aromatic N) is 1. The number of hydrogen-bond acceptors (Lipinski definition) is 3. The van der Waals surface area contributed by atoms with Crippen LogP contribution in [0.2, 0.25) is 0 Å². The molecule has 0 unspecified atom stereocenters. The van der Waals surface area contributed by atoms with E-state index in [0.29, 0.717) is 24.6 Å². The van der Waals surface area contributed by atoms with Crippen molar-refractivity contribution < 1.29 is 9.90 Å². The minimum atomic E-state index is -0.276. The average molecular weight is 365 g/mol. The van der Waals surface area contributed by atoms with Gasteiger partial charge < -0.3 is 10.4 Å². The molecule has 1 aliphatic rings. The number of H-pyrrole nitrogens is 1. The van der Waals surface area contributed by atoms with Gasteiger partial charge in [0.05, 0.1) is 17.0 Å². The molecule has 0 radical (unpaired) electrons. The van der Waals surface area contributed by atoms with Gasteiger partial charge in [-0.25, -0.2) is 4.68 Å². The zero-order valence-electron chi connectivity index (χ0n) is 15.0. The second kappa shape index (κ2) is 7.40. The fourth-order valence-electron chi connectivity index (χ4n) is 3.78. The van der Waals surface area contributed by atoms with Crippen LogP contribution in [-0.4, -0.2) is 32.9 Å². The maximum Gasteiger partial charge on any atom is 0.274 e. The van der Waals surface area contributed by atoms with E-state index in [-0.39, 0.29) is 36.1 Å². The second-order valence-corrected chi connectivity index (χ2v) is 7.30. The molecule has 1 aliphatic carbocycles. The van der Waals surface area contributed by atoms with Gasteiger partial charge in [0.2, 0.25) is 5.91 Å². The lowest BCUT2D eigenvalue weighted by Gasteiger charge is -2.38. The number of rotatable bonds is 6. The topological polar surface area (TPSA) is 87.1 Å². The fourth-order valence-corrected chi connectivity index (χ4v) is 3.78. The second-order valence-electron chi connectivity index (χ2n) is 7.30. The molecule has 1 aromatic heterocycles. The van der Waals surface area contributed by atoms with Gasteiger partial charge in [0.25, 0.3) is 5.56 Å². The molecule has 1 saturated carbocycles. The third-order valence-corrected chi connectivity index (χ3v) is 5.32. The van der Waals surface area contributed by atoms with Gasteiger partial charge in [-0.2, -0.15) is 0 Å². The molecule has 6 nitrogen and oxygen atoms in total. The van der Waals surface area contributed by atoms with E-state index in [4.69, 9.17) is 0 Å². The standard InChI is InChI=1S/C21H23N3O3/c25-16-11-15(12-16)19(10-14-6-2-1-3-7-14)22-20(26)13-24-21(27)17-8-4-5-9-18(17)23-24/h1-9,15-16,19,23,25H,10-13H2,(H,22,26)/t15?,16?,19-/m1/s1. The number of aromatic nitrogens is 2. The molecule has 1 heterocycles. The van der Waals surface area contributed by atoms with Crippen molar-refractivity contribution in [3.8, 4) is 0 Å². The van der Waals surface area contributed by atoms with Crippen molar-refractivity contribution in [2.24, 2.45) is 5.92 Å². The van der Waals surface area contributed by atoms with Gasteiger partial charge in [-0.05, 0) is 42.9 Å². The Kier molecular flexibility index (Phi) is 4.81. The average Bonchev–Trinajstić information content (AvgIpc) is 2.95. The predicted molar refractivity (Wildman–Crippen MR) is 103 cm³/mol. The number of carbonyl (C=O) groups is 1. The maximum atomic E-state index is 12.6. The van der Waals surface area contributed by atoms with E-state index in [1.54, 1.807) is 12.1 Å². The highest BCUT2D eigenvalue weighted by atomic mass is 16.3. The quantitative estimate of drug-likeness (QED) is 0.623. The van der Waals surface area contributed by atoms with Crippen LogP contribution in [0.15, 0.2) is 59.4 Å².